The fourth-order valence-corrected chi connectivity index (χ4v) is 14.2. The number of unbranched alkanes of at least 4 members (excludes halogenated alkanes) is 8. The number of rotatable bonds is 46. The third-order valence-corrected chi connectivity index (χ3v) is 22.8. The summed E-state index contributed by atoms with van der Waals surface area (Å²) in [6, 6.07) is 14.8. The first-order valence-electron chi connectivity index (χ1n) is 37.6. The van der Waals surface area contributed by atoms with Crippen molar-refractivity contribution in [1.29, 1.82) is 0 Å². The molecule has 586 valence electrons. The van der Waals surface area contributed by atoms with Gasteiger partial charge in [-0.15, -0.1) is 11.3 Å². The summed E-state index contributed by atoms with van der Waals surface area (Å²) in [4.78, 5) is 133. The number of allylic oxidation sites excluding steroid dienone is 2. The van der Waals surface area contributed by atoms with E-state index in [1.807, 2.05) is 56.3 Å². The van der Waals surface area contributed by atoms with Crippen molar-refractivity contribution in [2.75, 3.05) is 31.3 Å². The molecule has 0 aliphatic heterocycles. The number of benzene rings is 2. The molecule has 1 unspecified atom stereocenters. The number of alkyl carbamates (subject to hydrolysis) is 2. The van der Waals surface area contributed by atoms with Gasteiger partial charge in [0.05, 0.1) is 32.6 Å². The quantitative estimate of drug-likeness (QED) is 0.0134. The number of thiazole rings is 1. The number of hydrogen-bond acceptors (Lipinski definition) is 20. The second-order valence-corrected chi connectivity index (χ2v) is 45.0. The maximum absolute atomic E-state index is 13.5. The highest BCUT2D eigenvalue weighted by Gasteiger charge is 2.35. The molecule has 1 aromatic heterocycles. The number of fused-ring (bicyclic) bond motifs is 3. The Bertz CT molecular complexity index is 3220. The molecule has 4 rings (SSSR count). The van der Waals surface area contributed by atoms with Crippen LogP contribution in [0.3, 0.4) is 0 Å². The topological polar surface area (TPSA) is 287 Å². The van der Waals surface area contributed by atoms with Crippen molar-refractivity contribution in [2.45, 2.75) is 278 Å². The van der Waals surface area contributed by atoms with E-state index >= 15 is 0 Å². The minimum Gasteiger partial charge on any atom is -0.466 e. The lowest BCUT2D eigenvalue weighted by molar-refractivity contribution is -0.157. The minimum absolute atomic E-state index is 0.0625. The van der Waals surface area contributed by atoms with Gasteiger partial charge >= 0.3 is 36.1 Å². The summed E-state index contributed by atoms with van der Waals surface area (Å²) < 4.78 is 33.5. The van der Waals surface area contributed by atoms with Crippen LogP contribution in [-0.2, 0) is 68.5 Å². The zero-order chi connectivity index (χ0) is 78.1. The molecule has 105 heavy (non-hydrogen) atoms. The summed E-state index contributed by atoms with van der Waals surface area (Å²) in [7, 11) is -2.83. The van der Waals surface area contributed by atoms with Crippen LogP contribution < -0.4 is 21.3 Å². The summed E-state index contributed by atoms with van der Waals surface area (Å²) in [5.74, 6) is -3.17. The average molecular weight is 1550 g/mol. The Hall–Kier alpha value is -6.62. The first-order chi connectivity index (χ1) is 49.6. The van der Waals surface area contributed by atoms with Crippen molar-refractivity contribution >= 4 is 109 Å². The van der Waals surface area contributed by atoms with E-state index in [0.717, 1.165) is 79.3 Å². The molecule has 4 amide bonds. The molecular weight excluding hydrogens is 1430 g/mol. The summed E-state index contributed by atoms with van der Waals surface area (Å²) in [6.45, 7) is 32.4. The van der Waals surface area contributed by atoms with Crippen molar-refractivity contribution < 1.29 is 76.4 Å². The SMILES string of the molecule is CCCCCCCC(=O)SCC/C=C/[C@H](CC(=O)OCC[Si](C)(C)C)OC(=O)[C@@H](NC(=O)C(CC)NC(=O)c1csc(CNC(=O)OC(C)(C)C)n1)C(C)C.CCCCCCCC(=O)SCC/C=C/[C@H](CC(=O)OCC[Si](C)(C)C)OC(=O)[C@@H](NC(=O)OCC1c2ccccc2-c2ccccc21)C(C)C. The molecule has 0 radical (unpaired) electrons. The van der Waals surface area contributed by atoms with Gasteiger partial charge in [-0.1, -0.05) is 223 Å². The third-order valence-electron chi connectivity index (χ3n) is 16.6. The number of ether oxygens (including phenoxy) is 6. The van der Waals surface area contributed by atoms with E-state index in [1.54, 1.807) is 59.8 Å². The molecule has 3 aromatic rings. The van der Waals surface area contributed by atoms with Gasteiger partial charge in [0.2, 0.25) is 5.91 Å². The molecule has 0 saturated heterocycles. The summed E-state index contributed by atoms with van der Waals surface area (Å²) >= 11 is 3.75. The fraction of sp³-hybridized carbons (Fsp3) is 0.633. The van der Waals surface area contributed by atoms with Gasteiger partial charge < -0.3 is 49.7 Å². The van der Waals surface area contributed by atoms with E-state index in [0.29, 0.717) is 48.8 Å². The van der Waals surface area contributed by atoms with Crippen LogP contribution in [0.1, 0.15) is 211 Å². The maximum Gasteiger partial charge on any atom is 0.408 e. The highest BCUT2D eigenvalue weighted by molar-refractivity contribution is 8.13. The van der Waals surface area contributed by atoms with Gasteiger partial charge in [0.15, 0.2) is 10.2 Å². The zero-order valence-electron chi connectivity index (χ0n) is 65.5. The van der Waals surface area contributed by atoms with Gasteiger partial charge in [0, 0.05) is 51.8 Å². The number of carbonyl (C=O) groups excluding carboxylic acids is 10. The Kier molecular flexibility index (Phi) is 43.5. The second kappa shape index (κ2) is 49.4. The van der Waals surface area contributed by atoms with Crippen LogP contribution in [0.5, 0.6) is 0 Å². The Morgan fingerprint density at radius 3 is 1.49 bits per heavy atom. The van der Waals surface area contributed by atoms with Crippen LogP contribution in [0.15, 0.2) is 78.2 Å². The van der Waals surface area contributed by atoms with E-state index < -0.39 is 100.0 Å². The van der Waals surface area contributed by atoms with Gasteiger partial charge in [-0.25, -0.2) is 24.2 Å². The Labute approximate surface area is 640 Å². The van der Waals surface area contributed by atoms with Crippen LogP contribution in [0.4, 0.5) is 9.59 Å². The highest BCUT2D eigenvalue weighted by atomic mass is 32.2. The molecule has 1 heterocycles. The number of thioether (sulfide) groups is 2. The maximum atomic E-state index is 13.5. The van der Waals surface area contributed by atoms with E-state index in [4.69, 9.17) is 28.4 Å². The molecule has 26 heteroatoms. The lowest BCUT2D eigenvalue weighted by atomic mass is 9.98. The lowest BCUT2D eigenvalue weighted by Crippen LogP contribution is -2.53. The van der Waals surface area contributed by atoms with Gasteiger partial charge in [-0.3, -0.25) is 28.8 Å². The molecule has 1 aliphatic carbocycles. The summed E-state index contributed by atoms with van der Waals surface area (Å²) in [6.07, 6.45) is 16.9. The molecule has 0 spiro atoms. The van der Waals surface area contributed by atoms with Crippen molar-refractivity contribution in [2.24, 2.45) is 11.8 Å². The zero-order valence-corrected chi connectivity index (χ0v) is 70.0. The number of aromatic nitrogens is 1. The first kappa shape index (κ1) is 92.6. The first-order valence-corrected chi connectivity index (χ1v) is 47.9. The number of esters is 4. The molecule has 2 aromatic carbocycles. The molecule has 1 aliphatic rings. The van der Waals surface area contributed by atoms with Crippen LogP contribution in [0, 0.1) is 11.8 Å². The van der Waals surface area contributed by atoms with Crippen molar-refractivity contribution in [3.8, 4) is 11.1 Å². The van der Waals surface area contributed by atoms with Gasteiger partial charge in [-0.2, -0.15) is 0 Å². The molecular formula is C79H123N5O16S3Si2. The van der Waals surface area contributed by atoms with Crippen LogP contribution in [-0.4, -0.2) is 147 Å². The van der Waals surface area contributed by atoms with Gasteiger partial charge in [-0.05, 0) is 111 Å². The van der Waals surface area contributed by atoms with Crippen molar-refractivity contribution in [1.82, 2.24) is 26.3 Å². The number of carbonyl (C=O) groups is 10. The normalized spacial score (nSPS) is 13.7. The second-order valence-electron chi connectivity index (χ2n) is 30.5. The predicted octanol–water partition coefficient (Wildman–Crippen LogP) is 16.9. The molecule has 0 fully saturated rings. The van der Waals surface area contributed by atoms with Gasteiger partial charge in [0.25, 0.3) is 5.91 Å². The molecule has 0 saturated carbocycles. The summed E-state index contributed by atoms with van der Waals surface area (Å²) in [5.41, 5.74) is 3.86. The fourth-order valence-electron chi connectivity index (χ4n) is 10.6. The Morgan fingerprint density at radius 1 is 0.590 bits per heavy atom. The highest BCUT2D eigenvalue weighted by Crippen LogP contribution is 2.44. The smallest absolute Gasteiger partial charge is 0.408 e. The summed E-state index contributed by atoms with van der Waals surface area (Å²) in [5, 5.41) is 13.0. The number of nitrogens with zero attached hydrogens (tertiary/aromatic N) is 1. The monoisotopic (exact) mass is 1550 g/mol. The van der Waals surface area contributed by atoms with E-state index in [2.05, 4.69) is 91.5 Å². The Balaban J connectivity index is 0.000000547. The third kappa shape index (κ3) is 39.7. The van der Waals surface area contributed by atoms with E-state index in [1.165, 1.54) is 59.5 Å². The van der Waals surface area contributed by atoms with E-state index in [-0.39, 0.29) is 72.7 Å². The lowest BCUT2D eigenvalue weighted by Gasteiger charge is -2.25. The van der Waals surface area contributed by atoms with Crippen molar-refractivity contribution in [3.63, 3.8) is 0 Å². The standard InChI is InChI=1S/C40H57NO7SSi.C39H66N4O9S2Si/c1-7-8-9-10-11-23-37(43)49-25-17-16-18-30(27-36(42)46-24-26-50(4,5)6)48-39(44)38(29(2)3)41-40(45)47-28-35-33-21-14-12-19-31(33)32-20-13-15-22-34(32)35;1-11-13-14-15-16-20-33(45)53-22-18-17-19-28(24-32(44)50-21-23-55(8,9)10)51-37(48)34(27(3)4)43-35(46)29(12-2)42-36(47)30-26-54-31(41-30)25-40-38(49)52-39(5,6)7/h12-16,18-22,29-30,35,38H,7-11,17,23-28H2,1-6H3,(H,41,45);17,19,26-29,34H,11-16,18,20-25H2,1-10H3,(H,40,49)(H,42,47)(H,43,46)/b18-16+;19-17+/t30-,38+;28-,29?,34+/m11/s1. The van der Waals surface area contributed by atoms with E-state index in [9.17, 15) is 47.9 Å². The Morgan fingerprint density at radius 2 is 1.05 bits per heavy atom. The van der Waals surface area contributed by atoms with Crippen LogP contribution in [0.2, 0.25) is 51.4 Å². The molecule has 5 atom stereocenters. The van der Waals surface area contributed by atoms with Crippen LogP contribution >= 0.6 is 34.9 Å². The van der Waals surface area contributed by atoms with Crippen LogP contribution in [0.25, 0.3) is 11.1 Å². The van der Waals surface area contributed by atoms with Crippen molar-refractivity contribution in [3.05, 3.63) is 100 Å². The largest absolute Gasteiger partial charge is 0.466 e. The molecule has 0 bridgehead atoms. The number of amides is 4. The number of nitrogens with one attached hydrogen (secondary N) is 4. The minimum atomic E-state index is -1.44. The average Bonchev–Trinajstić information content (AvgIpc) is 1.62. The molecule has 21 nitrogen and oxygen atoms in total. The van der Waals surface area contributed by atoms with Gasteiger partial charge in [0.1, 0.15) is 53.2 Å². The predicted molar refractivity (Wildman–Crippen MR) is 427 cm³/mol. The molecule has 4 N–H and O–H groups in total. The number of hydrogen-bond donors (Lipinski definition) is 4.